The average Bonchev–Trinajstić information content (AvgIpc) is 3.20. The Hall–Kier alpha value is -3.47. The Balaban J connectivity index is 1.41. The van der Waals surface area contributed by atoms with Gasteiger partial charge in [0.05, 0.1) is 29.4 Å². The second kappa shape index (κ2) is 11.3. The van der Waals surface area contributed by atoms with Crippen LogP contribution in [0.15, 0.2) is 60.7 Å². The molecule has 0 bridgehead atoms. The fraction of sp³-hybridized carbons (Fsp3) is 0.259. The average molecular weight is 541 g/mol. The van der Waals surface area contributed by atoms with Crippen molar-refractivity contribution in [3.05, 3.63) is 77.5 Å². The van der Waals surface area contributed by atoms with Crippen LogP contribution in [-0.2, 0) is 16.4 Å². The van der Waals surface area contributed by atoms with Crippen molar-refractivity contribution in [1.82, 2.24) is 9.36 Å². The smallest absolute Gasteiger partial charge is 0.270 e. The van der Waals surface area contributed by atoms with E-state index in [1.165, 1.54) is 12.3 Å². The van der Waals surface area contributed by atoms with Crippen molar-refractivity contribution in [2.45, 2.75) is 26.9 Å². The van der Waals surface area contributed by atoms with Gasteiger partial charge >= 0.3 is 0 Å². The van der Waals surface area contributed by atoms with E-state index in [-0.39, 0.29) is 11.6 Å². The van der Waals surface area contributed by atoms with Crippen LogP contribution < -0.4 is 9.47 Å². The Kier molecular flexibility index (Phi) is 8.11. The monoisotopic (exact) mass is 540 g/mol. The summed E-state index contributed by atoms with van der Waals surface area (Å²) in [6, 6.07) is 18.6. The summed E-state index contributed by atoms with van der Waals surface area (Å²) in [7, 11) is -4.60. The molecule has 0 saturated heterocycles. The number of aromatic nitrogens is 2. The van der Waals surface area contributed by atoms with Gasteiger partial charge in [0, 0.05) is 33.0 Å². The maximum Gasteiger partial charge on any atom is 0.270 e. The van der Waals surface area contributed by atoms with Crippen molar-refractivity contribution >= 4 is 20.8 Å². The molecule has 0 aliphatic carbocycles. The minimum Gasteiger partial charge on any atom is -0.568 e. The van der Waals surface area contributed by atoms with Gasteiger partial charge in [0.15, 0.2) is 0 Å². The zero-order valence-corrected chi connectivity index (χ0v) is 22.4. The molecule has 2 heterocycles. The van der Waals surface area contributed by atoms with Crippen LogP contribution in [0.1, 0.15) is 23.2 Å². The summed E-state index contributed by atoms with van der Waals surface area (Å²) in [4.78, 5) is 5.06. The summed E-state index contributed by atoms with van der Waals surface area (Å²) < 4.78 is 49.8. The number of pyridine rings is 1. The van der Waals surface area contributed by atoms with Gasteiger partial charge in [-0.15, -0.1) is 0 Å². The van der Waals surface area contributed by atoms with Gasteiger partial charge in [-0.2, -0.15) is 0 Å². The molecule has 0 aliphatic heterocycles. The number of aromatic hydroxyl groups is 1. The number of benzene rings is 2. The first-order valence-electron chi connectivity index (χ1n) is 11.6. The SMILES string of the molecule is Cc1cc(-c2cccc(COc3ccc(-c4cc(O)n[s+]4[O-])cc3)c2)c(C)nc1OCCCS(C)(=O)=O. The van der Waals surface area contributed by atoms with Gasteiger partial charge < -0.3 is 19.1 Å². The Bertz CT molecular complexity index is 1500. The molecule has 1 atom stereocenters. The molecule has 4 rings (SSSR count). The minimum absolute atomic E-state index is 0.0840. The van der Waals surface area contributed by atoms with E-state index in [9.17, 15) is 18.1 Å². The zero-order valence-electron chi connectivity index (χ0n) is 20.8. The van der Waals surface area contributed by atoms with Crippen molar-refractivity contribution in [2.75, 3.05) is 18.6 Å². The summed E-state index contributed by atoms with van der Waals surface area (Å²) in [6.07, 6.45) is 1.63. The molecule has 2 aromatic carbocycles. The summed E-state index contributed by atoms with van der Waals surface area (Å²) in [6.45, 7) is 4.49. The third-order valence-corrected chi connectivity index (χ3v) is 7.78. The van der Waals surface area contributed by atoms with Crippen LogP contribution in [0.2, 0.25) is 0 Å². The largest absolute Gasteiger partial charge is 0.568 e. The van der Waals surface area contributed by atoms with Crippen LogP contribution in [-0.4, -0.2) is 46.1 Å². The molecule has 37 heavy (non-hydrogen) atoms. The van der Waals surface area contributed by atoms with Gasteiger partial charge in [-0.1, -0.05) is 18.2 Å². The quantitative estimate of drug-likeness (QED) is 0.214. The molecule has 1 N–H and O–H groups in total. The maximum atomic E-state index is 11.9. The molecule has 0 aliphatic rings. The molecule has 194 valence electrons. The van der Waals surface area contributed by atoms with Crippen molar-refractivity contribution < 1.29 is 27.6 Å². The topological polar surface area (TPSA) is 122 Å². The third-order valence-electron chi connectivity index (χ3n) is 5.66. The number of hydrogen-bond acceptors (Lipinski definition) is 8. The van der Waals surface area contributed by atoms with Crippen molar-refractivity contribution in [3.63, 3.8) is 0 Å². The maximum absolute atomic E-state index is 11.9. The lowest BCUT2D eigenvalue weighted by Crippen LogP contribution is -2.09. The number of ether oxygens (including phenoxy) is 2. The molecule has 10 heteroatoms. The van der Waals surface area contributed by atoms with E-state index in [1.807, 2.05) is 38.1 Å². The van der Waals surface area contributed by atoms with Crippen LogP contribution in [0.4, 0.5) is 0 Å². The highest BCUT2D eigenvalue weighted by Crippen LogP contribution is 2.34. The molecule has 2 aromatic heterocycles. The predicted molar refractivity (Wildman–Crippen MR) is 143 cm³/mol. The Morgan fingerprint density at radius 2 is 1.76 bits per heavy atom. The first-order valence-corrected chi connectivity index (χ1v) is 14.8. The lowest BCUT2D eigenvalue weighted by molar-refractivity contribution is 0.303. The summed E-state index contributed by atoms with van der Waals surface area (Å²) in [5.74, 6) is 1.02. The first-order chi connectivity index (χ1) is 17.6. The number of aryl methyl sites for hydroxylation is 2. The second-order valence-electron chi connectivity index (χ2n) is 8.80. The highest BCUT2D eigenvalue weighted by Gasteiger charge is 2.15. The normalized spacial score (nSPS) is 11.9. The van der Waals surface area contributed by atoms with Gasteiger partial charge in [-0.25, -0.2) is 13.4 Å². The van der Waals surface area contributed by atoms with E-state index in [4.69, 9.17) is 9.47 Å². The summed E-state index contributed by atoms with van der Waals surface area (Å²) >= 11 is 0. The van der Waals surface area contributed by atoms with E-state index >= 15 is 0 Å². The number of hydrogen-bond donors (Lipinski definition) is 1. The van der Waals surface area contributed by atoms with E-state index < -0.39 is 20.8 Å². The minimum atomic E-state index is -3.01. The van der Waals surface area contributed by atoms with Crippen LogP contribution in [0.3, 0.4) is 0 Å². The Morgan fingerprint density at radius 3 is 2.43 bits per heavy atom. The van der Waals surface area contributed by atoms with Crippen molar-refractivity contribution in [2.24, 2.45) is 0 Å². The molecule has 4 aromatic rings. The molecule has 0 saturated carbocycles. The van der Waals surface area contributed by atoms with E-state index in [2.05, 4.69) is 15.4 Å². The summed E-state index contributed by atoms with van der Waals surface area (Å²) in [5, 5.41) is 9.44. The second-order valence-corrected chi connectivity index (χ2v) is 12.2. The van der Waals surface area contributed by atoms with Crippen molar-refractivity contribution in [1.29, 1.82) is 0 Å². The Labute approximate surface area is 219 Å². The van der Waals surface area contributed by atoms with E-state index in [0.717, 1.165) is 27.9 Å². The zero-order chi connectivity index (χ0) is 26.6. The molecule has 0 radical (unpaired) electrons. The van der Waals surface area contributed by atoms with Gasteiger partial charge in [0.1, 0.15) is 22.2 Å². The standard InChI is InChI=1S/C27H28N2O6S2/c1-18-14-24(19(2)28-27(18)34-12-5-13-37(3,32)33)22-7-4-6-20(15-22)17-35-23-10-8-21(9-11-23)25-16-26(30)29-36(25)31/h4,6-11,14-16H,5,12-13,17H2,1-3H3,(H,29,30). The number of sulfone groups is 1. The molecule has 8 nitrogen and oxygen atoms in total. The van der Waals surface area contributed by atoms with Crippen LogP contribution in [0, 0.1) is 13.8 Å². The fourth-order valence-corrected chi connectivity index (χ4v) is 5.34. The van der Waals surface area contributed by atoms with E-state index in [1.54, 1.807) is 24.3 Å². The molecule has 0 amide bonds. The highest BCUT2D eigenvalue weighted by molar-refractivity contribution is 7.90. The molecule has 0 spiro atoms. The Morgan fingerprint density at radius 1 is 1.00 bits per heavy atom. The van der Waals surface area contributed by atoms with Crippen LogP contribution in [0.25, 0.3) is 21.6 Å². The van der Waals surface area contributed by atoms with Gasteiger partial charge in [-0.3, -0.25) is 0 Å². The van der Waals surface area contributed by atoms with E-state index in [0.29, 0.717) is 41.7 Å². The third kappa shape index (κ3) is 7.06. The van der Waals surface area contributed by atoms with Gasteiger partial charge in [0.25, 0.3) is 5.88 Å². The molecule has 1 unspecified atom stereocenters. The van der Waals surface area contributed by atoms with Crippen LogP contribution >= 0.6 is 10.9 Å². The van der Waals surface area contributed by atoms with Crippen LogP contribution in [0.5, 0.6) is 17.5 Å². The lowest BCUT2D eigenvalue weighted by Gasteiger charge is -2.13. The summed E-state index contributed by atoms with van der Waals surface area (Å²) in [5.41, 5.74) is 5.36. The lowest BCUT2D eigenvalue weighted by atomic mass is 10.0. The first kappa shape index (κ1) is 26.6. The van der Waals surface area contributed by atoms with Gasteiger partial charge in [-0.05, 0) is 67.8 Å². The number of rotatable bonds is 10. The predicted octanol–water partition coefficient (Wildman–Crippen LogP) is 5.25. The molecular weight excluding hydrogens is 512 g/mol. The highest BCUT2D eigenvalue weighted by atomic mass is 32.2. The van der Waals surface area contributed by atoms with Gasteiger partial charge in [0.2, 0.25) is 10.8 Å². The number of nitrogens with zero attached hydrogens (tertiary/aromatic N) is 2. The van der Waals surface area contributed by atoms with Crippen molar-refractivity contribution in [3.8, 4) is 39.1 Å². The fourth-order valence-electron chi connectivity index (χ4n) is 3.83. The molecular formula is C27H28N2O6S2. The molecule has 0 fully saturated rings.